The highest BCUT2D eigenvalue weighted by Gasteiger charge is 2.37. The van der Waals surface area contributed by atoms with E-state index in [0.717, 1.165) is 20.8 Å². The van der Waals surface area contributed by atoms with Crippen molar-refractivity contribution in [2.24, 2.45) is 4.99 Å². The fourth-order valence-corrected chi connectivity index (χ4v) is 5.08. The predicted octanol–water partition coefficient (Wildman–Crippen LogP) is 5.94. The Morgan fingerprint density at radius 3 is 2.62 bits per heavy atom. The molecule has 0 unspecified atom stereocenters. The summed E-state index contributed by atoms with van der Waals surface area (Å²) in [6.07, 6.45) is 1.90. The van der Waals surface area contributed by atoms with Crippen molar-refractivity contribution in [2.45, 2.75) is 33.7 Å². The molecule has 0 saturated carbocycles. The first-order chi connectivity index (χ1) is 17.8. The van der Waals surface area contributed by atoms with Crippen molar-refractivity contribution >= 4 is 50.4 Å². The first-order valence-electron chi connectivity index (χ1n) is 11.9. The molecule has 37 heavy (non-hydrogen) atoms. The Labute approximate surface area is 228 Å². The van der Waals surface area contributed by atoms with Crippen LogP contribution in [0.3, 0.4) is 0 Å². The first-order valence-corrected chi connectivity index (χ1v) is 13.5. The van der Waals surface area contributed by atoms with E-state index in [-0.39, 0.29) is 19.1 Å². The van der Waals surface area contributed by atoms with E-state index in [4.69, 9.17) is 14.2 Å². The third-order valence-corrected chi connectivity index (χ3v) is 7.36. The third-order valence-electron chi connectivity index (χ3n) is 5.70. The molecule has 0 bridgehead atoms. The largest absolute Gasteiger partial charge is 0.490 e. The lowest BCUT2D eigenvalue weighted by Crippen LogP contribution is -2.34. The number of aryl methyl sites for hydroxylation is 1. The molecule has 0 saturated heterocycles. The normalized spacial score (nSPS) is 16.3. The number of amidine groups is 1. The Hall–Kier alpha value is -3.24. The molecule has 2 aromatic carbocycles. The molecular formula is C27H28BrN3O5S. The molecule has 2 heterocycles. The number of thioether (sulfide) groups is 1. The minimum atomic E-state index is -0.435. The lowest BCUT2D eigenvalue weighted by atomic mass is 9.94. The van der Waals surface area contributed by atoms with Crippen molar-refractivity contribution in [3.63, 3.8) is 0 Å². The maximum Gasteiger partial charge on any atom is 0.338 e. The Kier molecular flexibility index (Phi) is 8.60. The Balaban J connectivity index is 1.57. The molecule has 1 atom stereocenters. The second-order valence-corrected chi connectivity index (χ2v) is 9.99. The number of hydrogen-bond acceptors (Lipinski definition) is 8. The summed E-state index contributed by atoms with van der Waals surface area (Å²) in [4.78, 5) is 32.0. The Morgan fingerprint density at radius 1 is 1.08 bits per heavy atom. The van der Waals surface area contributed by atoms with Gasteiger partial charge in [-0.3, -0.25) is 4.79 Å². The number of halogens is 1. The van der Waals surface area contributed by atoms with Crippen LogP contribution in [0.5, 0.6) is 11.5 Å². The maximum atomic E-state index is 12.9. The van der Waals surface area contributed by atoms with Crippen molar-refractivity contribution in [3.05, 3.63) is 74.9 Å². The molecule has 10 heteroatoms. The van der Waals surface area contributed by atoms with Gasteiger partial charge in [-0.1, -0.05) is 33.8 Å². The zero-order valence-corrected chi connectivity index (χ0v) is 23.4. The fraction of sp³-hybridized carbons (Fsp3) is 0.296. The highest BCUT2D eigenvalue weighted by atomic mass is 79.9. The van der Waals surface area contributed by atoms with Gasteiger partial charge in [0.15, 0.2) is 23.3 Å². The van der Waals surface area contributed by atoms with Crippen LogP contribution in [0, 0.1) is 6.92 Å². The summed E-state index contributed by atoms with van der Waals surface area (Å²) in [5.41, 5.74) is 3.60. The third kappa shape index (κ3) is 6.02. The van der Waals surface area contributed by atoms with Gasteiger partial charge in [0, 0.05) is 16.4 Å². The Bertz CT molecular complexity index is 1310. The molecule has 8 nitrogen and oxygen atoms in total. The van der Waals surface area contributed by atoms with E-state index >= 15 is 0 Å². The van der Waals surface area contributed by atoms with Crippen LogP contribution in [-0.4, -0.2) is 41.8 Å². The van der Waals surface area contributed by atoms with Crippen LogP contribution >= 0.6 is 27.7 Å². The number of hydrogen-bond donors (Lipinski definition) is 1. The standard InChI is InChI=1S/C27H28BrN3O5S/c1-5-34-22-14-18(25-24(26(33)35-6-2)17(4)29-27-31(25)11-12-37-27)7-10-21(22)36-15-23(32)30-19-8-9-20(28)16(3)13-19/h7-14,25H,5-6,15H2,1-4H3,(H,30,32)/t25-/m1/s1. The van der Waals surface area contributed by atoms with E-state index in [2.05, 4.69) is 26.2 Å². The summed E-state index contributed by atoms with van der Waals surface area (Å²) in [5, 5.41) is 5.56. The maximum absolute atomic E-state index is 12.9. The van der Waals surface area contributed by atoms with Crippen molar-refractivity contribution in [1.82, 2.24) is 4.90 Å². The second kappa shape index (κ2) is 11.9. The minimum Gasteiger partial charge on any atom is -0.490 e. The van der Waals surface area contributed by atoms with Crippen LogP contribution in [-0.2, 0) is 14.3 Å². The number of rotatable bonds is 9. The van der Waals surface area contributed by atoms with Gasteiger partial charge in [-0.25, -0.2) is 9.79 Å². The molecule has 4 rings (SSSR count). The summed E-state index contributed by atoms with van der Waals surface area (Å²) in [5.74, 6) is 0.218. The number of anilines is 1. The summed E-state index contributed by atoms with van der Waals surface area (Å²) in [7, 11) is 0. The van der Waals surface area contributed by atoms with Crippen LogP contribution in [0.15, 0.2) is 68.7 Å². The van der Waals surface area contributed by atoms with Crippen LogP contribution in [0.2, 0.25) is 0 Å². The molecule has 1 N–H and O–H groups in total. The van der Waals surface area contributed by atoms with Gasteiger partial charge in [0.05, 0.1) is 30.5 Å². The zero-order valence-electron chi connectivity index (χ0n) is 21.0. The smallest absolute Gasteiger partial charge is 0.338 e. The van der Waals surface area contributed by atoms with Gasteiger partial charge >= 0.3 is 5.97 Å². The number of fused-ring (bicyclic) bond motifs is 1. The molecule has 0 aliphatic carbocycles. The zero-order chi connectivity index (χ0) is 26.5. The number of aliphatic imine (C=N–C) groups is 1. The first kappa shape index (κ1) is 26.8. The molecule has 194 valence electrons. The summed E-state index contributed by atoms with van der Waals surface area (Å²) in [6, 6.07) is 10.6. The summed E-state index contributed by atoms with van der Waals surface area (Å²) >= 11 is 4.95. The van der Waals surface area contributed by atoms with E-state index < -0.39 is 12.0 Å². The van der Waals surface area contributed by atoms with Crippen molar-refractivity contribution in [3.8, 4) is 11.5 Å². The Morgan fingerprint density at radius 2 is 1.89 bits per heavy atom. The van der Waals surface area contributed by atoms with Gasteiger partial charge in [0.25, 0.3) is 5.91 Å². The average Bonchev–Trinajstić information content (AvgIpc) is 3.33. The number of nitrogens with zero attached hydrogens (tertiary/aromatic N) is 2. The van der Waals surface area contributed by atoms with E-state index in [9.17, 15) is 9.59 Å². The van der Waals surface area contributed by atoms with Gasteiger partial charge in [-0.15, -0.1) is 0 Å². The lowest BCUT2D eigenvalue weighted by molar-refractivity contribution is -0.139. The molecule has 2 aromatic rings. The van der Waals surface area contributed by atoms with Gasteiger partial charge < -0.3 is 24.4 Å². The molecule has 2 aliphatic rings. The summed E-state index contributed by atoms with van der Waals surface area (Å²) in [6.45, 7) is 7.90. The van der Waals surface area contributed by atoms with E-state index in [1.165, 1.54) is 11.8 Å². The minimum absolute atomic E-state index is 0.187. The lowest BCUT2D eigenvalue weighted by Gasteiger charge is -2.33. The van der Waals surface area contributed by atoms with Gasteiger partial charge in [-0.2, -0.15) is 0 Å². The van der Waals surface area contributed by atoms with Crippen LogP contribution in [0.1, 0.15) is 37.9 Å². The van der Waals surface area contributed by atoms with Crippen LogP contribution in [0.4, 0.5) is 5.69 Å². The topological polar surface area (TPSA) is 89.5 Å². The number of allylic oxidation sites excluding steroid dienone is 1. The summed E-state index contributed by atoms with van der Waals surface area (Å²) < 4.78 is 18.0. The number of esters is 1. The fourth-order valence-electron chi connectivity index (χ4n) is 4.04. The van der Waals surface area contributed by atoms with Crippen LogP contribution < -0.4 is 14.8 Å². The molecule has 0 radical (unpaired) electrons. The van der Waals surface area contributed by atoms with Gasteiger partial charge in [-0.05, 0) is 74.6 Å². The van der Waals surface area contributed by atoms with Crippen molar-refractivity contribution in [2.75, 3.05) is 25.1 Å². The SMILES string of the molecule is CCOC(=O)C1=C(C)N=C2SC=CN2[C@@H]1c1ccc(OCC(=O)Nc2ccc(Br)c(C)c2)c(OCC)c1. The number of nitrogens with one attached hydrogen (secondary N) is 1. The molecule has 0 spiro atoms. The highest BCUT2D eigenvalue weighted by Crippen LogP contribution is 2.43. The number of amides is 1. The number of benzene rings is 2. The predicted molar refractivity (Wildman–Crippen MR) is 149 cm³/mol. The highest BCUT2D eigenvalue weighted by molar-refractivity contribution is 9.10. The van der Waals surface area contributed by atoms with Crippen molar-refractivity contribution < 1.29 is 23.8 Å². The second-order valence-electron chi connectivity index (χ2n) is 8.27. The monoisotopic (exact) mass is 585 g/mol. The quantitative estimate of drug-likeness (QED) is 0.364. The number of ether oxygens (including phenoxy) is 3. The van der Waals surface area contributed by atoms with Gasteiger partial charge in [0.2, 0.25) is 0 Å². The van der Waals surface area contributed by atoms with E-state index in [0.29, 0.717) is 35.1 Å². The molecule has 0 aromatic heterocycles. The van der Waals surface area contributed by atoms with Gasteiger partial charge in [0.1, 0.15) is 0 Å². The molecule has 2 aliphatic heterocycles. The van der Waals surface area contributed by atoms with Crippen molar-refractivity contribution in [1.29, 1.82) is 0 Å². The van der Waals surface area contributed by atoms with E-state index in [1.54, 1.807) is 13.0 Å². The molecular weight excluding hydrogens is 558 g/mol. The van der Waals surface area contributed by atoms with E-state index in [1.807, 2.05) is 67.6 Å². The molecule has 1 amide bonds. The van der Waals surface area contributed by atoms with Crippen LogP contribution in [0.25, 0.3) is 0 Å². The molecule has 0 fully saturated rings. The number of carbonyl (C=O) groups excluding carboxylic acids is 2. The average molecular weight is 587 g/mol. The number of carbonyl (C=O) groups is 2.